The molecule has 0 amide bonds. The first-order valence-electron chi connectivity index (χ1n) is 13.4. The van der Waals surface area contributed by atoms with Gasteiger partial charge in [0.15, 0.2) is 5.69 Å². The molecule has 0 atom stereocenters. The molecule has 0 radical (unpaired) electrons. The second-order valence-corrected chi connectivity index (χ2v) is 9.91. The predicted molar refractivity (Wildman–Crippen MR) is 166 cm³/mol. The molecule has 1 aromatic heterocycles. The highest BCUT2D eigenvalue weighted by atomic mass is 16.3. The van der Waals surface area contributed by atoms with E-state index in [1.54, 1.807) is 0 Å². The number of para-hydroxylation sites is 2. The number of hydrogen-bond acceptors (Lipinski definition) is 2. The minimum Gasteiger partial charge on any atom is -0.455 e. The zero-order valence-electron chi connectivity index (χ0n) is 22.0. The number of benzene rings is 6. The number of rotatable bonds is 4. The molecule has 0 spiro atoms. The molecule has 7 aromatic rings. The summed E-state index contributed by atoms with van der Waals surface area (Å²) in [5.41, 5.74) is 11.4. The molecule has 0 saturated carbocycles. The Kier molecular flexibility index (Phi) is 5.90. The number of fused-ring (bicyclic) bond motifs is 3. The summed E-state index contributed by atoms with van der Waals surface area (Å²) in [5, 5.41) is 11.4. The van der Waals surface area contributed by atoms with E-state index in [0.29, 0.717) is 11.3 Å². The van der Waals surface area contributed by atoms with E-state index < -0.39 is 0 Å². The van der Waals surface area contributed by atoms with E-state index in [1.165, 1.54) is 0 Å². The number of nitrogens with zero attached hydrogens (tertiary/aromatic N) is 2. The van der Waals surface area contributed by atoms with Crippen LogP contribution in [0.2, 0.25) is 0 Å². The summed E-state index contributed by atoms with van der Waals surface area (Å²) in [4.78, 5) is 3.54. The fourth-order valence-corrected chi connectivity index (χ4v) is 5.62. The van der Waals surface area contributed by atoms with E-state index in [0.717, 1.165) is 66.4 Å². The van der Waals surface area contributed by atoms with Gasteiger partial charge >= 0.3 is 0 Å². The number of nitriles is 1. The van der Waals surface area contributed by atoms with E-state index in [2.05, 4.69) is 71.6 Å². The highest BCUT2D eigenvalue weighted by Gasteiger charge is 2.18. The Morgan fingerprint density at radius 3 is 1.39 bits per heavy atom. The van der Waals surface area contributed by atoms with Crippen molar-refractivity contribution >= 4 is 27.6 Å². The average molecular weight is 523 g/mol. The van der Waals surface area contributed by atoms with Crippen molar-refractivity contribution in [3.8, 4) is 50.6 Å². The van der Waals surface area contributed by atoms with Gasteiger partial charge in [-0.05, 0) is 45.5 Å². The predicted octanol–water partition coefficient (Wildman–Crippen LogP) is 10.7. The Morgan fingerprint density at radius 2 is 0.927 bits per heavy atom. The molecule has 41 heavy (non-hydrogen) atoms. The Bertz CT molecular complexity index is 2000. The third-order valence-corrected chi connectivity index (χ3v) is 7.59. The van der Waals surface area contributed by atoms with Gasteiger partial charge in [0.2, 0.25) is 0 Å². The Balaban J connectivity index is 1.43. The van der Waals surface area contributed by atoms with Gasteiger partial charge in [0.25, 0.3) is 0 Å². The van der Waals surface area contributed by atoms with Crippen molar-refractivity contribution < 1.29 is 4.42 Å². The Labute approximate surface area is 238 Å². The van der Waals surface area contributed by atoms with Crippen molar-refractivity contribution in [1.82, 2.24) is 0 Å². The monoisotopic (exact) mass is 522 g/mol. The zero-order valence-corrected chi connectivity index (χ0v) is 22.0. The third-order valence-electron chi connectivity index (χ3n) is 7.59. The molecule has 190 valence electrons. The zero-order chi connectivity index (χ0) is 27.8. The lowest BCUT2D eigenvalue weighted by Gasteiger charge is -2.11. The fraction of sp³-hybridized carbons (Fsp3) is 0. The molecule has 0 N–H and O–H groups in total. The maximum Gasteiger partial charge on any atom is 0.187 e. The van der Waals surface area contributed by atoms with E-state index in [1.807, 2.05) is 72.8 Å². The van der Waals surface area contributed by atoms with Crippen LogP contribution in [0.1, 0.15) is 5.56 Å². The van der Waals surface area contributed by atoms with E-state index >= 15 is 0 Å². The first kappa shape index (κ1) is 24.2. The molecule has 3 heteroatoms. The minimum atomic E-state index is 0.624. The Morgan fingerprint density at radius 1 is 0.488 bits per heavy atom. The van der Waals surface area contributed by atoms with Crippen molar-refractivity contribution in [3.05, 3.63) is 150 Å². The molecule has 0 saturated heterocycles. The summed E-state index contributed by atoms with van der Waals surface area (Å²) in [6.45, 7) is 7.30. The molecule has 0 bridgehead atoms. The summed E-state index contributed by atoms with van der Waals surface area (Å²) in [6.07, 6.45) is 0. The summed E-state index contributed by atoms with van der Waals surface area (Å²) < 4.78 is 6.80. The number of furan rings is 1. The van der Waals surface area contributed by atoms with Crippen molar-refractivity contribution in [1.29, 1.82) is 5.26 Å². The molecule has 7 rings (SSSR count). The average Bonchev–Trinajstić information content (AvgIpc) is 3.44. The van der Waals surface area contributed by atoms with Crippen LogP contribution in [0.5, 0.6) is 0 Å². The van der Waals surface area contributed by atoms with Gasteiger partial charge in [0.1, 0.15) is 11.2 Å². The smallest absolute Gasteiger partial charge is 0.187 e. The van der Waals surface area contributed by atoms with Crippen molar-refractivity contribution in [3.63, 3.8) is 0 Å². The molecule has 0 unspecified atom stereocenters. The lowest BCUT2D eigenvalue weighted by Crippen LogP contribution is -1.86. The number of hydrogen-bond donors (Lipinski definition) is 0. The highest BCUT2D eigenvalue weighted by molar-refractivity contribution is 6.14. The maximum atomic E-state index is 9.25. The normalized spacial score (nSPS) is 10.9. The SMILES string of the molecule is [C-]#[N+]c1ccc(-c2ccccc2-c2cccc3c2oc2c(-c4ccccc4-c4ccc(C#N)cc4)cccc23)cc1. The molecule has 3 nitrogen and oxygen atoms in total. The summed E-state index contributed by atoms with van der Waals surface area (Å²) in [7, 11) is 0. The largest absolute Gasteiger partial charge is 0.455 e. The highest BCUT2D eigenvalue weighted by Crippen LogP contribution is 2.43. The first-order chi connectivity index (χ1) is 20.2. The molecule has 6 aromatic carbocycles. The van der Waals surface area contributed by atoms with Crippen LogP contribution in [0.3, 0.4) is 0 Å². The molecular formula is C38H22N2O. The van der Waals surface area contributed by atoms with Crippen LogP contribution >= 0.6 is 0 Å². The van der Waals surface area contributed by atoms with Gasteiger partial charge in [0, 0.05) is 21.9 Å². The van der Waals surface area contributed by atoms with Gasteiger partial charge in [-0.15, -0.1) is 0 Å². The van der Waals surface area contributed by atoms with Gasteiger partial charge in [-0.3, -0.25) is 0 Å². The van der Waals surface area contributed by atoms with Gasteiger partial charge in [-0.2, -0.15) is 5.26 Å². The topological polar surface area (TPSA) is 41.3 Å². The third kappa shape index (κ3) is 4.14. The minimum absolute atomic E-state index is 0.624. The second kappa shape index (κ2) is 10.0. The molecular weight excluding hydrogens is 500 g/mol. The summed E-state index contributed by atoms with van der Waals surface area (Å²) in [5.74, 6) is 0. The van der Waals surface area contributed by atoms with E-state index in [9.17, 15) is 5.26 Å². The molecule has 0 fully saturated rings. The lowest BCUT2D eigenvalue weighted by molar-refractivity contribution is 0.671. The van der Waals surface area contributed by atoms with Crippen molar-refractivity contribution in [2.24, 2.45) is 0 Å². The summed E-state index contributed by atoms with van der Waals surface area (Å²) in [6, 6.07) is 46.9. The van der Waals surface area contributed by atoms with Crippen molar-refractivity contribution in [2.75, 3.05) is 0 Å². The van der Waals surface area contributed by atoms with Crippen molar-refractivity contribution in [2.45, 2.75) is 0 Å². The van der Waals surface area contributed by atoms with Crippen LogP contribution in [0, 0.1) is 17.9 Å². The quantitative estimate of drug-likeness (QED) is 0.216. The van der Waals surface area contributed by atoms with Crippen LogP contribution < -0.4 is 0 Å². The standard InChI is InChI=1S/C38H22N2O/c1-40-28-22-20-27(21-23-28)30-9-3-5-11-32(30)34-13-7-15-36-35-14-6-12-33(37(35)41-38(34)36)31-10-4-2-8-29(31)26-18-16-25(24-39)17-19-26/h2-23H. The van der Waals surface area contributed by atoms with Gasteiger partial charge in [0.05, 0.1) is 18.2 Å². The second-order valence-electron chi connectivity index (χ2n) is 9.91. The summed E-state index contributed by atoms with van der Waals surface area (Å²) >= 11 is 0. The van der Waals surface area contributed by atoms with Crippen LogP contribution in [-0.2, 0) is 0 Å². The van der Waals surface area contributed by atoms with Gasteiger partial charge < -0.3 is 4.42 Å². The van der Waals surface area contributed by atoms with E-state index in [4.69, 9.17) is 11.0 Å². The first-order valence-corrected chi connectivity index (χ1v) is 13.4. The van der Waals surface area contributed by atoms with Gasteiger partial charge in [-0.1, -0.05) is 121 Å². The van der Waals surface area contributed by atoms with Crippen LogP contribution in [0.15, 0.2) is 138 Å². The van der Waals surface area contributed by atoms with Crippen LogP contribution in [0.25, 0.3) is 71.3 Å². The Hall–Kier alpha value is -5.90. The molecule has 0 aliphatic carbocycles. The van der Waals surface area contributed by atoms with E-state index in [-0.39, 0.29) is 0 Å². The lowest BCUT2D eigenvalue weighted by atomic mass is 9.92. The van der Waals surface area contributed by atoms with Crippen LogP contribution in [-0.4, -0.2) is 0 Å². The van der Waals surface area contributed by atoms with Gasteiger partial charge in [-0.25, -0.2) is 4.85 Å². The molecule has 1 heterocycles. The molecule has 0 aliphatic rings. The fourth-order valence-electron chi connectivity index (χ4n) is 5.62. The molecule has 0 aliphatic heterocycles. The van der Waals surface area contributed by atoms with Crippen LogP contribution in [0.4, 0.5) is 5.69 Å². The maximum absolute atomic E-state index is 9.25.